The third kappa shape index (κ3) is 5.01. The summed E-state index contributed by atoms with van der Waals surface area (Å²) in [5, 5.41) is 2.92. The number of rotatable bonds is 6. The molecule has 0 saturated carbocycles. The van der Waals surface area contributed by atoms with Gasteiger partial charge in [0.1, 0.15) is 11.3 Å². The van der Waals surface area contributed by atoms with Gasteiger partial charge in [-0.05, 0) is 53.9 Å². The van der Waals surface area contributed by atoms with Crippen molar-refractivity contribution in [1.29, 1.82) is 0 Å². The zero-order chi connectivity index (χ0) is 25.2. The van der Waals surface area contributed by atoms with E-state index in [1.54, 1.807) is 32.2 Å². The summed E-state index contributed by atoms with van der Waals surface area (Å²) in [6.45, 7) is 1.91. The fourth-order valence-corrected chi connectivity index (χ4v) is 4.30. The SMILES string of the molecule is COc1cccc(CNC(=O)[C@]2(C)Cc3ccccc3C(=O)N2Cc2ccc(C(F)(F)F)cc2)c1. The Kier molecular flexibility index (Phi) is 6.56. The summed E-state index contributed by atoms with van der Waals surface area (Å²) < 4.78 is 44.2. The number of hydrogen-bond acceptors (Lipinski definition) is 3. The van der Waals surface area contributed by atoms with Gasteiger partial charge >= 0.3 is 6.18 Å². The van der Waals surface area contributed by atoms with E-state index in [1.165, 1.54) is 17.0 Å². The first-order valence-electron chi connectivity index (χ1n) is 11.1. The number of ether oxygens (including phenoxy) is 1. The average molecular weight is 483 g/mol. The Bertz CT molecular complexity index is 1240. The number of nitrogens with one attached hydrogen (secondary N) is 1. The van der Waals surface area contributed by atoms with Crippen molar-refractivity contribution in [3.63, 3.8) is 0 Å². The van der Waals surface area contributed by atoms with E-state index in [0.717, 1.165) is 23.3 Å². The molecule has 0 fully saturated rings. The number of hydrogen-bond donors (Lipinski definition) is 1. The number of methoxy groups -OCH3 is 1. The molecule has 0 aromatic heterocycles. The van der Waals surface area contributed by atoms with Crippen molar-refractivity contribution in [2.24, 2.45) is 0 Å². The molecule has 182 valence electrons. The van der Waals surface area contributed by atoms with E-state index < -0.39 is 17.3 Å². The Morgan fingerprint density at radius 1 is 1.03 bits per heavy atom. The molecule has 3 aromatic carbocycles. The Morgan fingerprint density at radius 2 is 1.74 bits per heavy atom. The van der Waals surface area contributed by atoms with Crippen LogP contribution in [0.4, 0.5) is 13.2 Å². The van der Waals surface area contributed by atoms with Crippen molar-refractivity contribution >= 4 is 11.8 Å². The summed E-state index contributed by atoms with van der Waals surface area (Å²) in [6.07, 6.45) is -4.17. The second-order valence-corrected chi connectivity index (χ2v) is 8.73. The van der Waals surface area contributed by atoms with Crippen LogP contribution >= 0.6 is 0 Å². The molecular formula is C27H25F3N2O3. The number of halogens is 3. The number of carbonyl (C=O) groups is 2. The van der Waals surface area contributed by atoms with Crippen LogP contribution in [0, 0.1) is 0 Å². The van der Waals surface area contributed by atoms with Gasteiger partial charge in [0.2, 0.25) is 5.91 Å². The highest BCUT2D eigenvalue weighted by atomic mass is 19.4. The Balaban J connectivity index is 1.62. The highest BCUT2D eigenvalue weighted by Gasteiger charge is 2.46. The summed E-state index contributed by atoms with van der Waals surface area (Å²) in [5.74, 6) is -0.0328. The normalized spacial score (nSPS) is 17.6. The average Bonchev–Trinajstić information content (AvgIpc) is 2.85. The summed E-state index contributed by atoms with van der Waals surface area (Å²) in [5.41, 5.74) is 0.552. The van der Waals surface area contributed by atoms with Crippen LogP contribution in [-0.2, 0) is 30.5 Å². The molecule has 0 spiro atoms. The molecule has 2 amide bonds. The maximum absolute atomic E-state index is 13.5. The van der Waals surface area contributed by atoms with E-state index in [2.05, 4.69) is 5.32 Å². The smallest absolute Gasteiger partial charge is 0.416 e. The zero-order valence-electron chi connectivity index (χ0n) is 19.4. The molecule has 5 nitrogen and oxygen atoms in total. The highest BCUT2D eigenvalue weighted by molar-refractivity contribution is 6.02. The first-order valence-corrected chi connectivity index (χ1v) is 11.1. The van der Waals surface area contributed by atoms with E-state index in [4.69, 9.17) is 4.74 Å². The van der Waals surface area contributed by atoms with Crippen molar-refractivity contribution in [1.82, 2.24) is 10.2 Å². The maximum atomic E-state index is 13.5. The predicted octanol–water partition coefficient (Wildman–Crippen LogP) is 4.99. The lowest BCUT2D eigenvalue weighted by atomic mass is 9.82. The van der Waals surface area contributed by atoms with E-state index in [9.17, 15) is 22.8 Å². The molecule has 1 heterocycles. The van der Waals surface area contributed by atoms with Crippen molar-refractivity contribution in [2.75, 3.05) is 7.11 Å². The van der Waals surface area contributed by atoms with E-state index in [0.29, 0.717) is 16.9 Å². The van der Waals surface area contributed by atoms with Crippen molar-refractivity contribution in [3.05, 3.63) is 101 Å². The van der Waals surface area contributed by atoms with Gasteiger partial charge in [-0.2, -0.15) is 13.2 Å². The van der Waals surface area contributed by atoms with E-state index in [1.807, 2.05) is 30.3 Å². The number of amides is 2. The number of nitrogens with zero attached hydrogens (tertiary/aromatic N) is 1. The van der Waals surface area contributed by atoms with Crippen LogP contribution in [0.25, 0.3) is 0 Å². The maximum Gasteiger partial charge on any atom is 0.416 e. The summed E-state index contributed by atoms with van der Waals surface area (Å²) >= 11 is 0. The molecule has 1 atom stereocenters. The number of carbonyl (C=O) groups excluding carboxylic acids is 2. The third-order valence-corrected chi connectivity index (χ3v) is 6.32. The molecule has 0 radical (unpaired) electrons. The van der Waals surface area contributed by atoms with Crippen LogP contribution in [-0.4, -0.2) is 29.4 Å². The molecule has 3 aromatic rings. The molecule has 8 heteroatoms. The van der Waals surface area contributed by atoms with Gasteiger partial charge in [-0.15, -0.1) is 0 Å². The lowest BCUT2D eigenvalue weighted by Gasteiger charge is -2.44. The number of benzene rings is 3. The van der Waals surface area contributed by atoms with Crippen LogP contribution in [0.1, 0.15) is 39.5 Å². The van der Waals surface area contributed by atoms with Crippen LogP contribution in [0.3, 0.4) is 0 Å². The Labute approximate surface area is 201 Å². The molecular weight excluding hydrogens is 457 g/mol. The largest absolute Gasteiger partial charge is 0.497 e. The second kappa shape index (κ2) is 9.44. The van der Waals surface area contributed by atoms with Gasteiger partial charge in [-0.25, -0.2) is 0 Å². The fraction of sp³-hybridized carbons (Fsp3) is 0.259. The minimum absolute atomic E-state index is 0.00557. The summed E-state index contributed by atoms with van der Waals surface area (Å²) in [7, 11) is 1.56. The van der Waals surface area contributed by atoms with Gasteiger partial charge in [0.15, 0.2) is 0 Å². The minimum Gasteiger partial charge on any atom is -0.497 e. The molecule has 0 bridgehead atoms. The number of fused-ring (bicyclic) bond motifs is 1. The Hall–Kier alpha value is -3.81. The fourth-order valence-electron chi connectivity index (χ4n) is 4.30. The van der Waals surface area contributed by atoms with Gasteiger partial charge in [0, 0.05) is 25.1 Å². The highest BCUT2D eigenvalue weighted by Crippen LogP contribution is 2.34. The lowest BCUT2D eigenvalue weighted by molar-refractivity contribution is -0.137. The molecule has 0 saturated heterocycles. The molecule has 35 heavy (non-hydrogen) atoms. The monoisotopic (exact) mass is 482 g/mol. The van der Waals surface area contributed by atoms with Gasteiger partial charge in [-0.3, -0.25) is 9.59 Å². The predicted molar refractivity (Wildman–Crippen MR) is 125 cm³/mol. The molecule has 1 N–H and O–H groups in total. The first-order chi connectivity index (χ1) is 16.6. The van der Waals surface area contributed by atoms with Crippen LogP contribution in [0.15, 0.2) is 72.8 Å². The van der Waals surface area contributed by atoms with Gasteiger partial charge in [0.05, 0.1) is 12.7 Å². The third-order valence-electron chi connectivity index (χ3n) is 6.32. The van der Waals surface area contributed by atoms with Crippen molar-refractivity contribution in [3.8, 4) is 5.75 Å². The Morgan fingerprint density at radius 3 is 2.43 bits per heavy atom. The quantitative estimate of drug-likeness (QED) is 0.539. The zero-order valence-corrected chi connectivity index (χ0v) is 19.4. The number of alkyl halides is 3. The van der Waals surface area contributed by atoms with Crippen LogP contribution in [0.5, 0.6) is 5.75 Å². The topological polar surface area (TPSA) is 58.6 Å². The molecule has 0 unspecified atom stereocenters. The van der Waals surface area contributed by atoms with Crippen LogP contribution in [0.2, 0.25) is 0 Å². The molecule has 1 aliphatic heterocycles. The van der Waals surface area contributed by atoms with Crippen molar-refractivity contribution < 1.29 is 27.5 Å². The standard InChI is InChI=1S/C27H25F3N2O3/c1-26(25(34)31-16-19-6-5-8-22(14-19)35-2)15-20-7-3-4-9-23(20)24(33)32(26)17-18-10-12-21(13-11-18)27(28,29)30/h3-14H,15-17H2,1-2H3,(H,31,34)/t26-/m0/s1. The van der Waals surface area contributed by atoms with Crippen molar-refractivity contribution in [2.45, 2.75) is 38.1 Å². The van der Waals surface area contributed by atoms with E-state index in [-0.39, 0.29) is 31.3 Å². The molecule has 1 aliphatic rings. The van der Waals surface area contributed by atoms with E-state index >= 15 is 0 Å². The first kappa shape index (κ1) is 24.3. The minimum atomic E-state index is -4.45. The van der Waals surface area contributed by atoms with Crippen LogP contribution < -0.4 is 10.1 Å². The van der Waals surface area contributed by atoms with Gasteiger partial charge in [0.25, 0.3) is 5.91 Å². The van der Waals surface area contributed by atoms with Gasteiger partial charge < -0.3 is 15.0 Å². The summed E-state index contributed by atoms with van der Waals surface area (Å²) in [4.78, 5) is 28.4. The molecule has 0 aliphatic carbocycles. The molecule has 4 rings (SSSR count). The van der Waals surface area contributed by atoms with Gasteiger partial charge in [-0.1, -0.05) is 42.5 Å². The summed E-state index contributed by atoms with van der Waals surface area (Å²) in [6, 6.07) is 19.0. The second-order valence-electron chi connectivity index (χ2n) is 8.73. The lowest BCUT2D eigenvalue weighted by Crippen LogP contribution is -2.62.